The average molecular weight is 204 g/mol. The highest BCUT2D eigenvalue weighted by Crippen LogP contribution is 2.03. The Morgan fingerprint density at radius 1 is 1.62 bits per heavy atom. The number of amides is 1. The van der Waals surface area contributed by atoms with Crippen LogP contribution in [0.15, 0.2) is 0 Å². The Labute approximate surface area is 84.8 Å². The van der Waals surface area contributed by atoms with Crippen LogP contribution in [0.4, 0.5) is 0 Å². The van der Waals surface area contributed by atoms with Crippen molar-refractivity contribution >= 4 is 17.7 Å². The molecule has 0 saturated heterocycles. The second-order valence-corrected chi connectivity index (χ2v) is 5.07. The van der Waals surface area contributed by atoms with Crippen LogP contribution in [0.25, 0.3) is 0 Å². The first-order valence-corrected chi connectivity index (χ1v) is 5.71. The standard InChI is InChI=1S/C9H20N2OS/c1-5-13-6-7(2)11-8(12)9(3,4)10/h7H,5-6,10H2,1-4H3,(H,11,12). The molecule has 0 saturated carbocycles. The maximum absolute atomic E-state index is 11.4. The summed E-state index contributed by atoms with van der Waals surface area (Å²) in [4.78, 5) is 11.4. The topological polar surface area (TPSA) is 55.1 Å². The minimum atomic E-state index is -0.773. The van der Waals surface area contributed by atoms with Crippen LogP contribution in [-0.2, 0) is 4.79 Å². The fourth-order valence-corrected chi connectivity index (χ4v) is 1.42. The Kier molecular flexibility index (Phi) is 5.40. The van der Waals surface area contributed by atoms with Gasteiger partial charge in [0.2, 0.25) is 5.91 Å². The summed E-state index contributed by atoms with van der Waals surface area (Å²) in [6.07, 6.45) is 0. The molecule has 0 aliphatic carbocycles. The second-order valence-electron chi connectivity index (χ2n) is 3.76. The van der Waals surface area contributed by atoms with Crippen molar-refractivity contribution < 1.29 is 4.79 Å². The molecule has 0 aliphatic heterocycles. The third kappa shape index (κ3) is 5.93. The molecule has 0 rings (SSSR count). The molecule has 0 bridgehead atoms. The molecule has 0 heterocycles. The normalized spacial score (nSPS) is 13.9. The highest BCUT2D eigenvalue weighted by atomic mass is 32.2. The van der Waals surface area contributed by atoms with Crippen molar-refractivity contribution in [1.29, 1.82) is 0 Å². The Balaban J connectivity index is 3.79. The van der Waals surface area contributed by atoms with Crippen LogP contribution in [-0.4, -0.2) is 29.0 Å². The summed E-state index contributed by atoms with van der Waals surface area (Å²) in [5.41, 5.74) is 4.86. The first kappa shape index (κ1) is 12.8. The van der Waals surface area contributed by atoms with Gasteiger partial charge in [0.1, 0.15) is 0 Å². The third-order valence-electron chi connectivity index (χ3n) is 1.53. The van der Waals surface area contributed by atoms with E-state index in [9.17, 15) is 4.79 Å². The third-order valence-corrected chi connectivity index (χ3v) is 2.68. The number of carbonyl (C=O) groups is 1. The zero-order chi connectivity index (χ0) is 10.5. The lowest BCUT2D eigenvalue weighted by atomic mass is 10.1. The number of nitrogens with one attached hydrogen (secondary N) is 1. The Hall–Kier alpha value is -0.220. The number of thioether (sulfide) groups is 1. The molecular weight excluding hydrogens is 184 g/mol. The molecule has 0 aliphatic rings. The van der Waals surface area contributed by atoms with Gasteiger partial charge in [-0.1, -0.05) is 6.92 Å². The first-order valence-electron chi connectivity index (χ1n) is 4.55. The molecular formula is C9H20N2OS. The Morgan fingerprint density at radius 2 is 2.15 bits per heavy atom. The largest absolute Gasteiger partial charge is 0.351 e. The number of carbonyl (C=O) groups excluding carboxylic acids is 1. The van der Waals surface area contributed by atoms with Gasteiger partial charge in [0.25, 0.3) is 0 Å². The van der Waals surface area contributed by atoms with Gasteiger partial charge in [-0.15, -0.1) is 0 Å². The highest BCUT2D eigenvalue weighted by Gasteiger charge is 2.22. The fraction of sp³-hybridized carbons (Fsp3) is 0.889. The van der Waals surface area contributed by atoms with E-state index in [1.165, 1.54) is 0 Å². The van der Waals surface area contributed by atoms with Gasteiger partial charge in [-0.2, -0.15) is 11.8 Å². The smallest absolute Gasteiger partial charge is 0.239 e. The van der Waals surface area contributed by atoms with E-state index in [0.717, 1.165) is 11.5 Å². The molecule has 0 fully saturated rings. The number of nitrogens with two attached hydrogens (primary N) is 1. The summed E-state index contributed by atoms with van der Waals surface area (Å²) < 4.78 is 0. The van der Waals surface area contributed by atoms with Crippen LogP contribution in [0.1, 0.15) is 27.7 Å². The molecule has 78 valence electrons. The first-order chi connectivity index (χ1) is 5.88. The van der Waals surface area contributed by atoms with Gasteiger partial charge in [0.15, 0.2) is 0 Å². The van der Waals surface area contributed by atoms with E-state index in [0.29, 0.717) is 0 Å². The van der Waals surface area contributed by atoms with Gasteiger partial charge < -0.3 is 11.1 Å². The van der Waals surface area contributed by atoms with E-state index in [1.807, 2.05) is 18.7 Å². The van der Waals surface area contributed by atoms with Gasteiger partial charge in [0, 0.05) is 11.8 Å². The fourth-order valence-electron chi connectivity index (χ4n) is 0.746. The summed E-state index contributed by atoms with van der Waals surface area (Å²) in [5.74, 6) is 1.93. The number of hydrogen-bond acceptors (Lipinski definition) is 3. The lowest BCUT2D eigenvalue weighted by molar-refractivity contribution is -0.125. The second kappa shape index (κ2) is 5.50. The van der Waals surface area contributed by atoms with Crippen LogP contribution in [0.3, 0.4) is 0 Å². The minimum Gasteiger partial charge on any atom is -0.351 e. The van der Waals surface area contributed by atoms with Crippen LogP contribution < -0.4 is 11.1 Å². The summed E-state index contributed by atoms with van der Waals surface area (Å²) in [6, 6.07) is 0.195. The molecule has 4 heteroatoms. The molecule has 1 atom stereocenters. The van der Waals surface area contributed by atoms with E-state index in [1.54, 1.807) is 13.8 Å². The molecule has 3 N–H and O–H groups in total. The number of hydrogen-bond donors (Lipinski definition) is 2. The van der Waals surface area contributed by atoms with Crippen molar-refractivity contribution in [3.8, 4) is 0 Å². The van der Waals surface area contributed by atoms with Crippen molar-refractivity contribution in [2.24, 2.45) is 5.73 Å². The van der Waals surface area contributed by atoms with Gasteiger partial charge in [-0.05, 0) is 26.5 Å². The molecule has 0 aromatic rings. The SMILES string of the molecule is CCSCC(C)NC(=O)C(C)(C)N. The monoisotopic (exact) mass is 204 g/mol. The molecule has 0 radical (unpaired) electrons. The van der Waals surface area contributed by atoms with E-state index in [2.05, 4.69) is 12.2 Å². The van der Waals surface area contributed by atoms with Crippen molar-refractivity contribution in [1.82, 2.24) is 5.32 Å². The molecule has 0 aromatic carbocycles. The Morgan fingerprint density at radius 3 is 2.54 bits per heavy atom. The van der Waals surface area contributed by atoms with Crippen LogP contribution in [0, 0.1) is 0 Å². The number of rotatable bonds is 5. The van der Waals surface area contributed by atoms with Crippen LogP contribution >= 0.6 is 11.8 Å². The van der Waals surface area contributed by atoms with Gasteiger partial charge in [-0.3, -0.25) is 4.79 Å². The van der Waals surface area contributed by atoms with Crippen molar-refractivity contribution in [3.05, 3.63) is 0 Å². The highest BCUT2D eigenvalue weighted by molar-refractivity contribution is 7.99. The van der Waals surface area contributed by atoms with Crippen molar-refractivity contribution in [2.75, 3.05) is 11.5 Å². The predicted molar refractivity (Wildman–Crippen MR) is 58.9 cm³/mol. The summed E-state index contributed by atoms with van der Waals surface area (Å²) in [5, 5.41) is 2.87. The lowest BCUT2D eigenvalue weighted by Crippen LogP contribution is -2.52. The molecule has 0 spiro atoms. The summed E-state index contributed by atoms with van der Waals surface area (Å²) in [6.45, 7) is 7.52. The quantitative estimate of drug-likeness (QED) is 0.702. The van der Waals surface area contributed by atoms with Crippen molar-refractivity contribution in [3.63, 3.8) is 0 Å². The maximum atomic E-state index is 11.4. The van der Waals surface area contributed by atoms with E-state index in [4.69, 9.17) is 5.73 Å². The minimum absolute atomic E-state index is 0.0864. The van der Waals surface area contributed by atoms with Gasteiger partial charge >= 0.3 is 0 Å². The van der Waals surface area contributed by atoms with E-state index >= 15 is 0 Å². The molecule has 1 amide bonds. The lowest BCUT2D eigenvalue weighted by Gasteiger charge is -2.21. The van der Waals surface area contributed by atoms with Gasteiger partial charge in [-0.25, -0.2) is 0 Å². The average Bonchev–Trinajstić information content (AvgIpc) is 1.99. The van der Waals surface area contributed by atoms with Gasteiger partial charge in [0.05, 0.1) is 5.54 Å². The summed E-state index contributed by atoms with van der Waals surface area (Å²) >= 11 is 1.81. The molecule has 1 unspecified atom stereocenters. The Bertz CT molecular complexity index is 165. The zero-order valence-corrected chi connectivity index (χ0v) is 9.70. The van der Waals surface area contributed by atoms with Crippen LogP contribution in [0.5, 0.6) is 0 Å². The molecule has 3 nitrogen and oxygen atoms in total. The zero-order valence-electron chi connectivity index (χ0n) is 8.89. The molecule has 13 heavy (non-hydrogen) atoms. The van der Waals surface area contributed by atoms with E-state index in [-0.39, 0.29) is 11.9 Å². The maximum Gasteiger partial charge on any atom is 0.239 e. The predicted octanol–water partition coefficient (Wildman–Crippen LogP) is 0.981. The van der Waals surface area contributed by atoms with Crippen molar-refractivity contribution in [2.45, 2.75) is 39.3 Å². The van der Waals surface area contributed by atoms with Crippen LogP contribution in [0.2, 0.25) is 0 Å². The summed E-state index contributed by atoms with van der Waals surface area (Å²) in [7, 11) is 0. The molecule has 0 aromatic heterocycles. The van der Waals surface area contributed by atoms with E-state index < -0.39 is 5.54 Å².